The Hall–Kier alpha value is -1.91. The zero-order valence-corrected chi connectivity index (χ0v) is 11.5. The highest BCUT2D eigenvalue weighted by atomic mass is 16.5. The number of rotatable bonds is 4. The maximum absolute atomic E-state index is 11.4. The minimum absolute atomic E-state index is 0.0121. The average Bonchev–Trinajstić information content (AvgIpc) is 2.45. The van der Waals surface area contributed by atoms with Gasteiger partial charge in [0, 0.05) is 12.0 Å². The third kappa shape index (κ3) is 2.75. The average molecular weight is 265 g/mol. The number of benzene rings is 1. The molecule has 0 saturated carbocycles. The molecule has 0 aromatic heterocycles. The topological polar surface area (TPSA) is 56.8 Å². The second kappa shape index (κ2) is 5.82. The summed E-state index contributed by atoms with van der Waals surface area (Å²) in [6.07, 6.45) is 1.22. The van der Waals surface area contributed by atoms with Crippen molar-refractivity contribution in [2.75, 3.05) is 20.8 Å². The fourth-order valence-electron chi connectivity index (χ4n) is 2.19. The van der Waals surface area contributed by atoms with E-state index in [1.165, 1.54) is 0 Å². The van der Waals surface area contributed by atoms with E-state index in [9.17, 15) is 4.79 Å². The van der Waals surface area contributed by atoms with Crippen molar-refractivity contribution in [2.24, 2.45) is 0 Å². The summed E-state index contributed by atoms with van der Waals surface area (Å²) in [5.41, 5.74) is 1.02. The Morgan fingerprint density at radius 3 is 2.84 bits per heavy atom. The van der Waals surface area contributed by atoms with Gasteiger partial charge in [0.2, 0.25) is 11.7 Å². The van der Waals surface area contributed by atoms with Crippen molar-refractivity contribution in [3.8, 4) is 17.2 Å². The molecule has 0 aliphatic carbocycles. The molecular formula is C14H19NO4. The SMILES string of the molecule is CCC(=O)NC1COc2c(ccc(OC)c2OC)C1. The van der Waals surface area contributed by atoms with Gasteiger partial charge in [0.05, 0.1) is 20.3 Å². The summed E-state index contributed by atoms with van der Waals surface area (Å²) in [5, 5.41) is 2.94. The number of nitrogens with one attached hydrogen (secondary N) is 1. The fourth-order valence-corrected chi connectivity index (χ4v) is 2.19. The van der Waals surface area contributed by atoms with Crippen LogP contribution in [0.4, 0.5) is 0 Å². The summed E-state index contributed by atoms with van der Waals surface area (Å²) in [6, 6.07) is 3.81. The largest absolute Gasteiger partial charge is 0.493 e. The van der Waals surface area contributed by atoms with Crippen LogP contribution in [0.2, 0.25) is 0 Å². The van der Waals surface area contributed by atoms with Crippen molar-refractivity contribution >= 4 is 5.91 Å². The number of amides is 1. The first-order chi connectivity index (χ1) is 9.19. The molecule has 5 nitrogen and oxygen atoms in total. The second-order valence-corrected chi connectivity index (χ2v) is 4.42. The molecular weight excluding hydrogens is 246 g/mol. The number of carbonyl (C=O) groups excluding carboxylic acids is 1. The van der Waals surface area contributed by atoms with Gasteiger partial charge in [0.15, 0.2) is 11.5 Å². The quantitative estimate of drug-likeness (QED) is 0.897. The molecule has 1 aliphatic rings. The third-order valence-electron chi connectivity index (χ3n) is 3.16. The molecule has 0 fully saturated rings. The van der Waals surface area contributed by atoms with Gasteiger partial charge in [-0.1, -0.05) is 13.0 Å². The van der Waals surface area contributed by atoms with E-state index in [4.69, 9.17) is 14.2 Å². The van der Waals surface area contributed by atoms with Gasteiger partial charge in [0.1, 0.15) is 6.61 Å². The molecule has 1 aromatic rings. The Labute approximate surface area is 112 Å². The first-order valence-corrected chi connectivity index (χ1v) is 6.35. The third-order valence-corrected chi connectivity index (χ3v) is 3.16. The van der Waals surface area contributed by atoms with Gasteiger partial charge in [-0.3, -0.25) is 4.79 Å². The molecule has 19 heavy (non-hydrogen) atoms. The van der Waals surface area contributed by atoms with Gasteiger partial charge in [-0.05, 0) is 12.5 Å². The number of fused-ring (bicyclic) bond motifs is 1. The van der Waals surface area contributed by atoms with Crippen molar-refractivity contribution in [3.63, 3.8) is 0 Å². The molecule has 1 aromatic carbocycles. The Morgan fingerprint density at radius 1 is 1.42 bits per heavy atom. The summed E-state index contributed by atoms with van der Waals surface area (Å²) in [7, 11) is 3.18. The van der Waals surface area contributed by atoms with Gasteiger partial charge in [-0.15, -0.1) is 0 Å². The number of carbonyl (C=O) groups is 1. The molecule has 5 heteroatoms. The van der Waals surface area contributed by atoms with Gasteiger partial charge >= 0.3 is 0 Å². The smallest absolute Gasteiger partial charge is 0.220 e. The van der Waals surface area contributed by atoms with Crippen LogP contribution < -0.4 is 19.5 Å². The van der Waals surface area contributed by atoms with Gasteiger partial charge in [-0.2, -0.15) is 0 Å². The fraction of sp³-hybridized carbons (Fsp3) is 0.500. The number of ether oxygens (including phenoxy) is 3. The highest BCUT2D eigenvalue weighted by Gasteiger charge is 2.25. The Morgan fingerprint density at radius 2 is 2.21 bits per heavy atom. The van der Waals surface area contributed by atoms with Crippen LogP contribution in [0, 0.1) is 0 Å². The minimum atomic E-state index is 0.0121. The van der Waals surface area contributed by atoms with Gasteiger partial charge < -0.3 is 19.5 Å². The van der Waals surface area contributed by atoms with Gasteiger partial charge in [-0.25, -0.2) is 0 Å². The van der Waals surface area contributed by atoms with E-state index in [1.807, 2.05) is 19.1 Å². The van der Waals surface area contributed by atoms with E-state index in [-0.39, 0.29) is 11.9 Å². The highest BCUT2D eigenvalue weighted by Crippen LogP contribution is 2.41. The lowest BCUT2D eigenvalue weighted by Gasteiger charge is -2.27. The summed E-state index contributed by atoms with van der Waals surface area (Å²) in [4.78, 5) is 11.4. The second-order valence-electron chi connectivity index (χ2n) is 4.42. The molecule has 1 unspecified atom stereocenters. The molecule has 1 aliphatic heterocycles. The van der Waals surface area contributed by atoms with E-state index in [0.29, 0.717) is 30.3 Å². The van der Waals surface area contributed by atoms with Crippen molar-refractivity contribution in [1.82, 2.24) is 5.32 Å². The maximum atomic E-state index is 11.4. The van der Waals surface area contributed by atoms with Crippen LogP contribution in [-0.4, -0.2) is 32.8 Å². The maximum Gasteiger partial charge on any atom is 0.220 e. The molecule has 0 saturated heterocycles. The van der Waals surface area contributed by atoms with Crippen LogP contribution in [-0.2, 0) is 11.2 Å². The summed E-state index contributed by atoms with van der Waals surface area (Å²) >= 11 is 0. The van der Waals surface area contributed by atoms with Crippen molar-refractivity contribution < 1.29 is 19.0 Å². The van der Waals surface area contributed by atoms with Crippen LogP contribution in [0.3, 0.4) is 0 Å². The van der Waals surface area contributed by atoms with Crippen LogP contribution in [0.15, 0.2) is 12.1 Å². The number of methoxy groups -OCH3 is 2. The Bertz CT molecular complexity index is 473. The predicted octanol–water partition coefficient (Wildman–Crippen LogP) is 1.53. The van der Waals surface area contributed by atoms with Crippen molar-refractivity contribution in [3.05, 3.63) is 17.7 Å². The van der Waals surface area contributed by atoms with Crippen molar-refractivity contribution in [2.45, 2.75) is 25.8 Å². The Balaban J connectivity index is 2.20. The monoisotopic (exact) mass is 265 g/mol. The predicted molar refractivity (Wildman–Crippen MR) is 71.0 cm³/mol. The van der Waals surface area contributed by atoms with Crippen molar-refractivity contribution in [1.29, 1.82) is 0 Å². The molecule has 0 spiro atoms. The van der Waals surface area contributed by atoms with Gasteiger partial charge in [0.25, 0.3) is 0 Å². The van der Waals surface area contributed by atoms with E-state index in [2.05, 4.69) is 5.32 Å². The first-order valence-electron chi connectivity index (χ1n) is 6.35. The highest BCUT2D eigenvalue weighted by molar-refractivity contribution is 5.76. The molecule has 0 bridgehead atoms. The van der Waals surface area contributed by atoms with E-state index >= 15 is 0 Å². The van der Waals surface area contributed by atoms with Crippen LogP contribution in [0.1, 0.15) is 18.9 Å². The van der Waals surface area contributed by atoms with Crippen LogP contribution in [0.25, 0.3) is 0 Å². The molecule has 0 radical (unpaired) electrons. The zero-order valence-electron chi connectivity index (χ0n) is 11.5. The molecule has 1 amide bonds. The van der Waals surface area contributed by atoms with E-state index in [1.54, 1.807) is 14.2 Å². The first kappa shape index (κ1) is 13.5. The van der Waals surface area contributed by atoms with E-state index < -0.39 is 0 Å². The lowest BCUT2D eigenvalue weighted by atomic mass is 10.0. The number of hydrogen-bond acceptors (Lipinski definition) is 4. The standard InChI is InChI=1S/C14H19NO4/c1-4-12(16)15-10-7-9-5-6-11(17-2)14(18-3)13(9)19-8-10/h5-6,10H,4,7-8H2,1-3H3,(H,15,16). The Kier molecular flexibility index (Phi) is 4.14. The lowest BCUT2D eigenvalue weighted by molar-refractivity contribution is -0.121. The summed E-state index contributed by atoms with van der Waals surface area (Å²) < 4.78 is 16.3. The molecule has 1 atom stereocenters. The summed E-state index contributed by atoms with van der Waals surface area (Å²) in [5.74, 6) is 2.01. The molecule has 104 valence electrons. The molecule has 1 heterocycles. The number of hydrogen-bond donors (Lipinski definition) is 1. The van der Waals surface area contributed by atoms with Crippen LogP contribution >= 0.6 is 0 Å². The minimum Gasteiger partial charge on any atom is -0.493 e. The van der Waals surface area contributed by atoms with E-state index in [0.717, 1.165) is 12.0 Å². The zero-order chi connectivity index (χ0) is 13.8. The normalized spacial score (nSPS) is 17.1. The summed E-state index contributed by atoms with van der Waals surface area (Å²) in [6.45, 7) is 2.28. The van der Waals surface area contributed by atoms with Crippen LogP contribution in [0.5, 0.6) is 17.2 Å². The molecule has 1 N–H and O–H groups in total. The molecule has 2 rings (SSSR count). The lowest BCUT2D eigenvalue weighted by Crippen LogP contribution is -2.42.